The lowest BCUT2D eigenvalue weighted by molar-refractivity contribution is 0.0384. The number of rotatable bonds is 2. The SMILES string of the molecule is O=C1O[C@H]([C@H](Br)c2ccccc2)c2ccccc21. The maximum absolute atomic E-state index is 11.8. The molecule has 2 atom stereocenters. The Morgan fingerprint density at radius 1 is 1.00 bits per heavy atom. The predicted octanol–water partition coefficient (Wildman–Crippen LogP) is 4.03. The van der Waals surface area contributed by atoms with Gasteiger partial charge in [0.2, 0.25) is 0 Å². The van der Waals surface area contributed by atoms with E-state index < -0.39 is 0 Å². The number of hydrogen-bond acceptors (Lipinski definition) is 2. The van der Waals surface area contributed by atoms with Crippen LogP contribution in [-0.2, 0) is 4.74 Å². The number of carbonyl (C=O) groups excluding carboxylic acids is 1. The predicted molar refractivity (Wildman–Crippen MR) is 72.7 cm³/mol. The highest BCUT2D eigenvalue weighted by atomic mass is 79.9. The van der Waals surface area contributed by atoms with Crippen LogP contribution in [0.4, 0.5) is 0 Å². The summed E-state index contributed by atoms with van der Waals surface area (Å²) in [6.07, 6.45) is -0.254. The number of hydrogen-bond donors (Lipinski definition) is 0. The minimum Gasteiger partial charge on any atom is -0.452 e. The van der Waals surface area contributed by atoms with Gasteiger partial charge in [0.25, 0.3) is 0 Å². The zero-order chi connectivity index (χ0) is 12.5. The highest BCUT2D eigenvalue weighted by Crippen LogP contribution is 2.44. The summed E-state index contributed by atoms with van der Waals surface area (Å²) in [7, 11) is 0. The largest absolute Gasteiger partial charge is 0.452 e. The number of cyclic esters (lactones) is 1. The van der Waals surface area contributed by atoms with Gasteiger partial charge < -0.3 is 4.74 Å². The Bertz CT molecular complexity index is 580. The number of halogens is 1. The Balaban J connectivity index is 1.98. The molecule has 0 aromatic heterocycles. The van der Waals surface area contributed by atoms with E-state index in [0.29, 0.717) is 5.56 Å². The van der Waals surface area contributed by atoms with Crippen molar-refractivity contribution < 1.29 is 9.53 Å². The summed E-state index contributed by atoms with van der Waals surface area (Å²) in [6.45, 7) is 0. The normalized spacial score (nSPS) is 19.2. The molecule has 1 heterocycles. The van der Waals surface area contributed by atoms with Crippen LogP contribution in [-0.4, -0.2) is 5.97 Å². The number of esters is 1. The third-order valence-electron chi connectivity index (χ3n) is 3.11. The minimum absolute atomic E-state index is 0.0219. The molecule has 0 spiro atoms. The molecule has 0 amide bonds. The summed E-state index contributed by atoms with van der Waals surface area (Å²) >= 11 is 3.63. The highest BCUT2D eigenvalue weighted by Gasteiger charge is 2.35. The van der Waals surface area contributed by atoms with E-state index in [2.05, 4.69) is 15.9 Å². The van der Waals surface area contributed by atoms with Crippen molar-refractivity contribution in [3.63, 3.8) is 0 Å². The van der Waals surface area contributed by atoms with Gasteiger partial charge in [-0.25, -0.2) is 4.79 Å². The van der Waals surface area contributed by atoms with E-state index in [1.165, 1.54) is 0 Å². The van der Waals surface area contributed by atoms with E-state index in [-0.39, 0.29) is 16.9 Å². The van der Waals surface area contributed by atoms with Crippen molar-refractivity contribution in [1.29, 1.82) is 0 Å². The topological polar surface area (TPSA) is 26.3 Å². The van der Waals surface area contributed by atoms with Crippen molar-refractivity contribution in [3.8, 4) is 0 Å². The summed E-state index contributed by atoms with van der Waals surface area (Å²) in [6, 6.07) is 17.5. The van der Waals surface area contributed by atoms with E-state index in [0.717, 1.165) is 11.1 Å². The Labute approximate surface area is 114 Å². The molecule has 1 aliphatic rings. The minimum atomic E-state index is -0.254. The average Bonchev–Trinajstić information content (AvgIpc) is 2.77. The first-order chi connectivity index (χ1) is 8.77. The summed E-state index contributed by atoms with van der Waals surface area (Å²) in [5, 5.41) is 0. The van der Waals surface area contributed by atoms with Crippen molar-refractivity contribution in [2.45, 2.75) is 10.9 Å². The molecule has 0 bridgehead atoms. The van der Waals surface area contributed by atoms with E-state index in [1.54, 1.807) is 0 Å². The smallest absolute Gasteiger partial charge is 0.339 e. The van der Waals surface area contributed by atoms with Crippen molar-refractivity contribution in [2.24, 2.45) is 0 Å². The van der Waals surface area contributed by atoms with Crippen LogP contribution in [0.5, 0.6) is 0 Å². The number of fused-ring (bicyclic) bond motifs is 1. The Morgan fingerprint density at radius 2 is 1.67 bits per heavy atom. The lowest BCUT2D eigenvalue weighted by Crippen LogP contribution is -2.05. The summed E-state index contributed by atoms with van der Waals surface area (Å²) < 4.78 is 5.46. The molecule has 0 aliphatic carbocycles. The quantitative estimate of drug-likeness (QED) is 0.618. The van der Waals surface area contributed by atoms with E-state index in [1.807, 2.05) is 54.6 Å². The first-order valence-corrected chi connectivity index (χ1v) is 6.68. The molecule has 90 valence electrons. The van der Waals surface area contributed by atoms with Gasteiger partial charge in [-0.05, 0) is 11.6 Å². The molecule has 0 fully saturated rings. The van der Waals surface area contributed by atoms with Crippen LogP contribution in [0.3, 0.4) is 0 Å². The van der Waals surface area contributed by atoms with Gasteiger partial charge in [0.15, 0.2) is 0 Å². The van der Waals surface area contributed by atoms with E-state index >= 15 is 0 Å². The molecule has 2 aromatic carbocycles. The molecule has 18 heavy (non-hydrogen) atoms. The molecule has 2 aromatic rings. The third-order valence-corrected chi connectivity index (χ3v) is 4.11. The monoisotopic (exact) mass is 302 g/mol. The summed E-state index contributed by atoms with van der Waals surface area (Å²) in [5.74, 6) is -0.240. The lowest BCUT2D eigenvalue weighted by atomic mass is 9.99. The van der Waals surface area contributed by atoms with Crippen LogP contribution in [0.15, 0.2) is 54.6 Å². The Morgan fingerprint density at radius 3 is 2.44 bits per heavy atom. The first kappa shape index (κ1) is 11.5. The van der Waals surface area contributed by atoms with Gasteiger partial charge in [0.05, 0.1) is 10.4 Å². The van der Waals surface area contributed by atoms with Gasteiger partial charge in [-0.15, -0.1) is 0 Å². The zero-order valence-electron chi connectivity index (χ0n) is 9.55. The fraction of sp³-hybridized carbons (Fsp3) is 0.133. The Kier molecular flexibility index (Phi) is 2.92. The van der Waals surface area contributed by atoms with E-state index in [4.69, 9.17) is 4.74 Å². The van der Waals surface area contributed by atoms with Crippen molar-refractivity contribution in [2.75, 3.05) is 0 Å². The van der Waals surface area contributed by atoms with Gasteiger partial charge in [0.1, 0.15) is 6.10 Å². The van der Waals surface area contributed by atoms with E-state index in [9.17, 15) is 4.79 Å². The molecule has 0 radical (unpaired) electrons. The first-order valence-electron chi connectivity index (χ1n) is 5.76. The molecule has 1 aliphatic heterocycles. The standard InChI is InChI=1S/C15H11BrO2/c16-13(10-6-2-1-3-7-10)14-11-8-4-5-9-12(11)15(17)18-14/h1-9,13-14H/t13-,14+/m1/s1. The van der Waals surface area contributed by atoms with Gasteiger partial charge in [0, 0.05) is 5.56 Å². The molecule has 0 saturated heterocycles. The van der Waals surface area contributed by atoms with Crippen LogP contribution in [0.25, 0.3) is 0 Å². The second kappa shape index (κ2) is 4.58. The molecule has 3 heteroatoms. The number of benzene rings is 2. The van der Waals surface area contributed by atoms with Crippen molar-refractivity contribution in [3.05, 3.63) is 71.3 Å². The fourth-order valence-electron chi connectivity index (χ4n) is 2.20. The highest BCUT2D eigenvalue weighted by molar-refractivity contribution is 9.09. The molecular formula is C15H11BrO2. The number of alkyl halides is 1. The molecule has 3 rings (SSSR count). The second-order valence-corrected chi connectivity index (χ2v) is 5.21. The van der Waals surface area contributed by atoms with Crippen molar-refractivity contribution >= 4 is 21.9 Å². The van der Waals surface area contributed by atoms with Gasteiger partial charge in [-0.2, -0.15) is 0 Å². The van der Waals surface area contributed by atoms with Crippen LogP contribution >= 0.6 is 15.9 Å². The molecular weight excluding hydrogens is 292 g/mol. The number of ether oxygens (including phenoxy) is 1. The lowest BCUT2D eigenvalue weighted by Gasteiger charge is -2.17. The maximum atomic E-state index is 11.8. The van der Waals surface area contributed by atoms with Gasteiger partial charge in [-0.3, -0.25) is 0 Å². The third kappa shape index (κ3) is 1.85. The van der Waals surface area contributed by atoms with Crippen molar-refractivity contribution in [1.82, 2.24) is 0 Å². The zero-order valence-corrected chi connectivity index (χ0v) is 11.1. The number of carbonyl (C=O) groups is 1. The van der Waals surface area contributed by atoms with Crippen LogP contribution in [0, 0.1) is 0 Å². The molecule has 2 nitrogen and oxygen atoms in total. The van der Waals surface area contributed by atoms with Crippen LogP contribution in [0.1, 0.15) is 32.4 Å². The average molecular weight is 303 g/mol. The maximum Gasteiger partial charge on any atom is 0.339 e. The van der Waals surface area contributed by atoms with Crippen LogP contribution in [0.2, 0.25) is 0 Å². The summed E-state index contributed by atoms with van der Waals surface area (Å²) in [5.41, 5.74) is 2.73. The van der Waals surface area contributed by atoms with Gasteiger partial charge in [-0.1, -0.05) is 64.5 Å². The van der Waals surface area contributed by atoms with Crippen LogP contribution < -0.4 is 0 Å². The molecule has 0 saturated carbocycles. The molecule has 0 unspecified atom stereocenters. The fourth-order valence-corrected chi connectivity index (χ4v) is 2.90. The Hall–Kier alpha value is -1.61. The molecule has 0 N–H and O–H groups in total. The summed E-state index contributed by atoms with van der Waals surface area (Å²) in [4.78, 5) is 11.7. The van der Waals surface area contributed by atoms with Gasteiger partial charge >= 0.3 is 5.97 Å². The second-order valence-electron chi connectivity index (χ2n) is 4.23.